The summed E-state index contributed by atoms with van der Waals surface area (Å²) in [5.74, 6) is -0.0835. The summed E-state index contributed by atoms with van der Waals surface area (Å²) in [5, 5.41) is 8.53. The average molecular weight is 187 g/mol. The molecule has 1 aromatic heterocycles. The van der Waals surface area contributed by atoms with E-state index in [0.717, 1.165) is 0 Å². The predicted octanol–water partition coefficient (Wildman–Crippen LogP) is 2.09. The molecule has 4 heteroatoms. The average Bonchev–Trinajstić information content (AvgIpc) is 2.66. The Morgan fingerprint density at radius 1 is 1.43 bits per heavy atom. The van der Waals surface area contributed by atoms with Crippen molar-refractivity contribution in [2.45, 2.75) is 0 Å². The molecule has 2 rings (SSSR count). The standard InChI is InChI=1S/C10H6FN3/c11-8-3-1-2-7(4-8)9-6-13-10(5-12)14-9/h1-4,6H,(H,13,14). The van der Waals surface area contributed by atoms with Crippen LogP contribution in [0.5, 0.6) is 0 Å². The molecule has 0 bridgehead atoms. The molecule has 0 atom stereocenters. The van der Waals surface area contributed by atoms with Crippen LogP contribution in [0.15, 0.2) is 30.5 Å². The van der Waals surface area contributed by atoms with Gasteiger partial charge in [-0.1, -0.05) is 12.1 Å². The number of nitrogens with one attached hydrogen (secondary N) is 1. The summed E-state index contributed by atoms with van der Waals surface area (Å²) >= 11 is 0. The third kappa shape index (κ3) is 1.48. The first kappa shape index (κ1) is 8.45. The van der Waals surface area contributed by atoms with Gasteiger partial charge in [0, 0.05) is 5.56 Å². The first-order chi connectivity index (χ1) is 6.79. The highest BCUT2D eigenvalue weighted by atomic mass is 19.1. The summed E-state index contributed by atoms with van der Waals surface area (Å²) in [5.41, 5.74) is 1.32. The van der Waals surface area contributed by atoms with E-state index in [1.165, 1.54) is 18.3 Å². The Labute approximate surface area is 79.8 Å². The lowest BCUT2D eigenvalue weighted by Gasteiger charge is -1.95. The first-order valence-corrected chi connectivity index (χ1v) is 4.00. The molecule has 3 nitrogen and oxygen atoms in total. The lowest BCUT2D eigenvalue weighted by Crippen LogP contribution is -1.80. The van der Waals surface area contributed by atoms with Crippen LogP contribution in [0.4, 0.5) is 4.39 Å². The van der Waals surface area contributed by atoms with Crippen LogP contribution in [0.1, 0.15) is 5.82 Å². The summed E-state index contributed by atoms with van der Waals surface area (Å²) < 4.78 is 12.8. The minimum Gasteiger partial charge on any atom is -0.329 e. The number of hydrogen-bond donors (Lipinski definition) is 1. The van der Waals surface area contributed by atoms with Crippen LogP contribution in [-0.2, 0) is 0 Å². The fourth-order valence-corrected chi connectivity index (χ4v) is 1.18. The Kier molecular flexibility index (Phi) is 1.99. The smallest absolute Gasteiger partial charge is 0.210 e. The molecule has 0 aliphatic carbocycles. The van der Waals surface area contributed by atoms with Crippen molar-refractivity contribution in [1.82, 2.24) is 9.97 Å². The molecule has 0 saturated heterocycles. The zero-order valence-corrected chi connectivity index (χ0v) is 7.16. The van der Waals surface area contributed by atoms with E-state index in [-0.39, 0.29) is 11.6 Å². The van der Waals surface area contributed by atoms with Crippen molar-refractivity contribution < 1.29 is 4.39 Å². The first-order valence-electron chi connectivity index (χ1n) is 4.00. The maximum absolute atomic E-state index is 12.8. The molecule has 1 heterocycles. The quantitative estimate of drug-likeness (QED) is 0.743. The van der Waals surface area contributed by atoms with Gasteiger partial charge in [0.1, 0.15) is 11.9 Å². The Hall–Kier alpha value is -2.15. The maximum Gasteiger partial charge on any atom is 0.210 e. The highest BCUT2D eigenvalue weighted by Gasteiger charge is 2.02. The molecule has 0 spiro atoms. The summed E-state index contributed by atoms with van der Waals surface area (Å²) in [6, 6.07) is 7.98. The van der Waals surface area contributed by atoms with Gasteiger partial charge in [-0.2, -0.15) is 5.26 Å². The topological polar surface area (TPSA) is 52.5 Å². The second-order valence-corrected chi connectivity index (χ2v) is 2.77. The lowest BCUT2D eigenvalue weighted by molar-refractivity contribution is 0.628. The number of nitrogens with zero attached hydrogens (tertiary/aromatic N) is 2. The lowest BCUT2D eigenvalue weighted by atomic mass is 10.2. The minimum atomic E-state index is -0.310. The second-order valence-electron chi connectivity index (χ2n) is 2.77. The summed E-state index contributed by atoms with van der Waals surface area (Å²) in [6.45, 7) is 0. The minimum absolute atomic E-state index is 0.226. The van der Waals surface area contributed by atoms with Crippen molar-refractivity contribution in [2.24, 2.45) is 0 Å². The number of aromatic amines is 1. The van der Waals surface area contributed by atoms with E-state index in [1.54, 1.807) is 12.1 Å². The Balaban J connectivity index is 2.45. The van der Waals surface area contributed by atoms with Crippen molar-refractivity contribution in [1.29, 1.82) is 5.26 Å². The molecule has 68 valence electrons. The van der Waals surface area contributed by atoms with Gasteiger partial charge >= 0.3 is 0 Å². The van der Waals surface area contributed by atoms with Gasteiger partial charge in [-0.3, -0.25) is 0 Å². The van der Waals surface area contributed by atoms with Crippen molar-refractivity contribution in [3.05, 3.63) is 42.1 Å². The van der Waals surface area contributed by atoms with Gasteiger partial charge < -0.3 is 4.98 Å². The van der Waals surface area contributed by atoms with Gasteiger partial charge in [-0.05, 0) is 12.1 Å². The normalized spacial score (nSPS) is 9.71. The molecule has 0 aliphatic heterocycles. The van der Waals surface area contributed by atoms with Crippen LogP contribution in [0.2, 0.25) is 0 Å². The largest absolute Gasteiger partial charge is 0.329 e. The molecule has 2 aromatic rings. The predicted molar refractivity (Wildman–Crippen MR) is 48.7 cm³/mol. The number of H-pyrrole nitrogens is 1. The summed E-state index contributed by atoms with van der Waals surface area (Å²) in [4.78, 5) is 6.57. The van der Waals surface area contributed by atoms with E-state index in [4.69, 9.17) is 5.26 Å². The fraction of sp³-hybridized carbons (Fsp3) is 0. The molecule has 0 fully saturated rings. The fourth-order valence-electron chi connectivity index (χ4n) is 1.18. The van der Waals surface area contributed by atoms with E-state index in [1.807, 2.05) is 6.07 Å². The van der Waals surface area contributed by atoms with Crippen LogP contribution in [0.25, 0.3) is 11.3 Å². The number of hydrogen-bond acceptors (Lipinski definition) is 2. The van der Waals surface area contributed by atoms with Crippen LogP contribution >= 0.6 is 0 Å². The molecule has 0 aliphatic rings. The number of halogens is 1. The van der Waals surface area contributed by atoms with E-state index < -0.39 is 0 Å². The zero-order valence-electron chi connectivity index (χ0n) is 7.16. The van der Waals surface area contributed by atoms with E-state index in [9.17, 15) is 4.39 Å². The Morgan fingerprint density at radius 3 is 2.93 bits per heavy atom. The molecule has 1 N–H and O–H groups in total. The Morgan fingerprint density at radius 2 is 2.29 bits per heavy atom. The molecular formula is C10H6FN3. The number of imidazole rings is 1. The molecule has 0 unspecified atom stereocenters. The van der Waals surface area contributed by atoms with Crippen molar-refractivity contribution in [3.8, 4) is 17.3 Å². The van der Waals surface area contributed by atoms with E-state index in [2.05, 4.69) is 9.97 Å². The summed E-state index contributed by atoms with van der Waals surface area (Å²) in [7, 11) is 0. The Bertz CT molecular complexity index is 496. The molecular weight excluding hydrogens is 181 g/mol. The third-order valence-electron chi connectivity index (χ3n) is 1.82. The van der Waals surface area contributed by atoms with Crippen molar-refractivity contribution in [2.75, 3.05) is 0 Å². The SMILES string of the molecule is N#Cc1ncc(-c2cccc(F)c2)[nH]1. The van der Waals surface area contributed by atoms with Crippen molar-refractivity contribution >= 4 is 0 Å². The third-order valence-corrected chi connectivity index (χ3v) is 1.82. The number of aromatic nitrogens is 2. The number of benzene rings is 1. The van der Waals surface area contributed by atoms with Crippen molar-refractivity contribution in [3.63, 3.8) is 0 Å². The van der Waals surface area contributed by atoms with Gasteiger partial charge in [0.15, 0.2) is 0 Å². The van der Waals surface area contributed by atoms with Crippen LogP contribution < -0.4 is 0 Å². The maximum atomic E-state index is 12.8. The van der Waals surface area contributed by atoms with Gasteiger partial charge in [-0.15, -0.1) is 0 Å². The molecule has 0 amide bonds. The molecule has 0 radical (unpaired) electrons. The highest BCUT2D eigenvalue weighted by Crippen LogP contribution is 2.17. The van der Waals surface area contributed by atoms with Crippen LogP contribution in [-0.4, -0.2) is 9.97 Å². The number of nitriles is 1. The number of rotatable bonds is 1. The molecule has 0 saturated carbocycles. The molecule has 14 heavy (non-hydrogen) atoms. The highest BCUT2D eigenvalue weighted by molar-refractivity contribution is 5.58. The molecule has 1 aromatic carbocycles. The summed E-state index contributed by atoms with van der Waals surface area (Å²) in [6.07, 6.45) is 1.51. The van der Waals surface area contributed by atoms with Gasteiger partial charge in [-0.25, -0.2) is 9.37 Å². The zero-order chi connectivity index (χ0) is 9.97. The van der Waals surface area contributed by atoms with E-state index in [0.29, 0.717) is 11.3 Å². The van der Waals surface area contributed by atoms with Gasteiger partial charge in [0.25, 0.3) is 0 Å². The second kappa shape index (κ2) is 3.30. The van der Waals surface area contributed by atoms with Gasteiger partial charge in [0.2, 0.25) is 5.82 Å². The monoisotopic (exact) mass is 187 g/mol. The van der Waals surface area contributed by atoms with Crippen LogP contribution in [0, 0.1) is 17.1 Å². The van der Waals surface area contributed by atoms with Crippen LogP contribution in [0.3, 0.4) is 0 Å². The van der Waals surface area contributed by atoms with Gasteiger partial charge in [0.05, 0.1) is 11.9 Å². The van der Waals surface area contributed by atoms with E-state index >= 15 is 0 Å².